The van der Waals surface area contributed by atoms with Gasteiger partial charge in [-0.25, -0.2) is 0 Å². The van der Waals surface area contributed by atoms with Crippen molar-refractivity contribution in [1.29, 1.82) is 0 Å². The largest absolute Gasteiger partial charge is 0.459 e. The van der Waals surface area contributed by atoms with Gasteiger partial charge >= 0.3 is 0 Å². The van der Waals surface area contributed by atoms with Crippen molar-refractivity contribution in [1.82, 2.24) is 9.80 Å². The first kappa shape index (κ1) is 28.0. The normalized spacial score (nSPS) is 20.8. The Labute approximate surface area is 252 Å². The van der Waals surface area contributed by atoms with E-state index in [1.807, 2.05) is 23.1 Å². The van der Waals surface area contributed by atoms with Crippen LogP contribution in [0.25, 0.3) is 11.1 Å². The highest BCUT2D eigenvalue weighted by Crippen LogP contribution is 2.43. The van der Waals surface area contributed by atoms with Gasteiger partial charge in [-0.05, 0) is 70.9 Å². The summed E-state index contributed by atoms with van der Waals surface area (Å²) in [5, 5.41) is 9.20. The number of aliphatic hydroxyl groups is 1. The number of amides is 1. The number of piperazine rings is 1. The van der Waals surface area contributed by atoms with Crippen molar-refractivity contribution in [3.8, 4) is 22.6 Å². The average Bonchev–Trinajstić information content (AvgIpc) is 3.67. The Balaban J connectivity index is 1.06. The van der Waals surface area contributed by atoms with Crippen LogP contribution in [0.1, 0.15) is 47.4 Å². The number of hydrogen-bond acceptors (Lipinski definition) is 7. The van der Waals surface area contributed by atoms with Gasteiger partial charge in [0.2, 0.25) is 13.1 Å². The Morgan fingerprint density at radius 2 is 1.77 bits per heavy atom. The smallest absolute Gasteiger partial charge is 0.288 e. The van der Waals surface area contributed by atoms with Crippen LogP contribution in [0, 0.1) is 0 Å². The molecule has 8 nitrogen and oxygen atoms in total. The van der Waals surface area contributed by atoms with E-state index in [0.717, 1.165) is 44.0 Å². The van der Waals surface area contributed by atoms with Gasteiger partial charge in [0.1, 0.15) is 0 Å². The highest BCUT2D eigenvalue weighted by atomic mass is 16.7. The molecule has 3 heterocycles. The second kappa shape index (κ2) is 12.4. The molecule has 8 heteroatoms. The van der Waals surface area contributed by atoms with Crippen LogP contribution in [0.4, 0.5) is 0 Å². The van der Waals surface area contributed by atoms with Crippen molar-refractivity contribution in [2.75, 3.05) is 46.2 Å². The molecule has 7 rings (SSSR count). The lowest BCUT2D eigenvalue weighted by Gasteiger charge is -2.37. The second-order valence-electron chi connectivity index (χ2n) is 11.7. The molecule has 1 aliphatic carbocycles. The number of allylic oxidation sites excluding steroid dienone is 1. The molecule has 0 saturated carbocycles. The van der Waals surface area contributed by atoms with Crippen molar-refractivity contribution in [3.05, 3.63) is 94.8 Å². The molecule has 3 aliphatic heterocycles. The predicted molar refractivity (Wildman–Crippen MR) is 162 cm³/mol. The lowest BCUT2D eigenvalue weighted by Crippen LogP contribution is -2.49. The van der Waals surface area contributed by atoms with E-state index in [0.29, 0.717) is 38.3 Å². The van der Waals surface area contributed by atoms with Crippen LogP contribution in [0.5, 0.6) is 11.5 Å². The third kappa shape index (κ3) is 5.87. The van der Waals surface area contributed by atoms with E-state index in [4.69, 9.17) is 18.9 Å². The van der Waals surface area contributed by atoms with Crippen molar-refractivity contribution < 1.29 is 28.8 Å². The lowest BCUT2D eigenvalue weighted by molar-refractivity contribution is -0.154. The Bertz CT molecular complexity index is 1510. The Hall–Kier alpha value is -3.85. The molecule has 2 atom stereocenters. The van der Waals surface area contributed by atoms with E-state index in [9.17, 15) is 9.90 Å². The highest BCUT2D eigenvalue weighted by Gasteiger charge is 2.34. The average molecular weight is 583 g/mol. The predicted octanol–water partition coefficient (Wildman–Crippen LogP) is 4.83. The summed E-state index contributed by atoms with van der Waals surface area (Å²) in [7, 11) is 0. The maximum absolute atomic E-state index is 13.9. The molecule has 3 aromatic rings. The summed E-state index contributed by atoms with van der Waals surface area (Å²) in [6.07, 6.45) is 4.47. The number of rotatable bonds is 9. The van der Waals surface area contributed by atoms with Gasteiger partial charge in [0, 0.05) is 51.7 Å². The summed E-state index contributed by atoms with van der Waals surface area (Å²) in [6, 6.07) is 21.2. The van der Waals surface area contributed by atoms with Crippen molar-refractivity contribution in [3.63, 3.8) is 0 Å². The minimum Gasteiger partial charge on any atom is -0.459 e. The number of benzene rings is 3. The molecule has 0 aromatic heterocycles. The molecule has 0 radical (unpaired) electrons. The summed E-state index contributed by atoms with van der Waals surface area (Å²) in [6.45, 7) is 4.51. The summed E-state index contributed by atoms with van der Waals surface area (Å²) in [4.78, 5) is 18.1. The maximum atomic E-state index is 13.9. The molecule has 1 saturated heterocycles. The van der Waals surface area contributed by atoms with E-state index in [1.165, 1.54) is 33.4 Å². The maximum Gasteiger partial charge on any atom is 0.288 e. The van der Waals surface area contributed by atoms with Gasteiger partial charge in [0.25, 0.3) is 5.91 Å². The van der Waals surface area contributed by atoms with Crippen molar-refractivity contribution in [2.24, 2.45) is 0 Å². The number of carbonyl (C=O) groups is 1. The first-order valence-corrected chi connectivity index (χ1v) is 15.4. The molecular weight excluding hydrogens is 544 g/mol. The van der Waals surface area contributed by atoms with E-state index < -0.39 is 6.29 Å². The number of ether oxygens (including phenoxy) is 4. The second-order valence-corrected chi connectivity index (χ2v) is 11.7. The van der Waals surface area contributed by atoms with Crippen LogP contribution in [-0.2, 0) is 27.2 Å². The Kier molecular flexibility index (Phi) is 8.06. The van der Waals surface area contributed by atoms with Gasteiger partial charge < -0.3 is 29.0 Å². The summed E-state index contributed by atoms with van der Waals surface area (Å²) < 4.78 is 23.3. The van der Waals surface area contributed by atoms with Crippen LogP contribution in [0.15, 0.2) is 72.5 Å². The third-order valence-corrected chi connectivity index (χ3v) is 8.91. The first-order valence-electron chi connectivity index (χ1n) is 15.4. The fraction of sp³-hybridized carbons (Fsp3) is 0.400. The minimum absolute atomic E-state index is 0.00657. The van der Waals surface area contributed by atoms with Crippen LogP contribution in [0.2, 0.25) is 0 Å². The zero-order chi connectivity index (χ0) is 29.2. The van der Waals surface area contributed by atoms with E-state index in [-0.39, 0.29) is 25.2 Å². The first-order chi connectivity index (χ1) is 21.2. The number of hydrogen-bond donors (Lipinski definition) is 1. The van der Waals surface area contributed by atoms with Gasteiger partial charge in [0.15, 0.2) is 17.3 Å². The fourth-order valence-electron chi connectivity index (χ4n) is 6.65. The molecule has 1 fully saturated rings. The van der Waals surface area contributed by atoms with Gasteiger partial charge in [-0.15, -0.1) is 0 Å². The van der Waals surface area contributed by atoms with Gasteiger partial charge in [0.05, 0.1) is 6.61 Å². The molecule has 224 valence electrons. The van der Waals surface area contributed by atoms with Crippen LogP contribution in [-0.4, -0.2) is 73.3 Å². The fourth-order valence-corrected chi connectivity index (χ4v) is 6.65. The van der Waals surface area contributed by atoms with Crippen LogP contribution in [0.3, 0.4) is 0 Å². The third-order valence-electron chi connectivity index (χ3n) is 8.91. The quantitative estimate of drug-likeness (QED) is 0.283. The SMILES string of the molecule is O=C(C1=CC(c2cccc3c2Cc2ccccc2-3)CC(OCCCCO)O1)N1CCN(Cc2ccc3c(c2)OCO3)CC1. The molecule has 0 bridgehead atoms. The number of aliphatic hydroxyl groups excluding tert-OH is 1. The number of unbranched alkanes of at least 4 members (excludes halogenated alkanes) is 1. The molecule has 4 aliphatic rings. The molecular formula is C35H38N2O6. The highest BCUT2D eigenvalue weighted by molar-refractivity contribution is 5.92. The van der Waals surface area contributed by atoms with Gasteiger partial charge in [-0.2, -0.15) is 0 Å². The number of nitrogens with zero attached hydrogens (tertiary/aromatic N) is 2. The van der Waals surface area contributed by atoms with Gasteiger partial charge in [-0.1, -0.05) is 48.5 Å². The summed E-state index contributed by atoms with van der Waals surface area (Å²) in [5.74, 6) is 1.89. The molecule has 1 amide bonds. The van der Waals surface area contributed by atoms with E-state index in [2.05, 4.69) is 53.4 Å². The number of carbonyl (C=O) groups excluding carboxylic acids is 1. The van der Waals surface area contributed by atoms with Crippen molar-refractivity contribution in [2.45, 2.75) is 44.4 Å². The molecule has 0 spiro atoms. The number of fused-ring (bicyclic) bond motifs is 4. The monoisotopic (exact) mass is 582 g/mol. The summed E-state index contributed by atoms with van der Waals surface area (Å²) in [5.41, 5.74) is 7.65. The molecule has 3 aromatic carbocycles. The zero-order valence-corrected chi connectivity index (χ0v) is 24.4. The Morgan fingerprint density at radius 1 is 0.930 bits per heavy atom. The molecule has 1 N–H and O–H groups in total. The van der Waals surface area contributed by atoms with Gasteiger partial charge in [-0.3, -0.25) is 9.69 Å². The van der Waals surface area contributed by atoms with Crippen LogP contribution < -0.4 is 9.47 Å². The van der Waals surface area contributed by atoms with Crippen LogP contribution >= 0.6 is 0 Å². The van der Waals surface area contributed by atoms with Crippen molar-refractivity contribution >= 4 is 5.91 Å². The standard InChI is InChI=1S/C35H38N2O6/c38-16-3-4-17-40-34-21-26(28-8-5-9-29-27-7-2-1-6-25(27)19-30(28)29)20-33(43-34)35(39)37-14-12-36(13-15-37)22-24-10-11-31-32(18-24)42-23-41-31/h1-2,5-11,18,20,26,34,38H,3-4,12-17,19,21-23H2. The summed E-state index contributed by atoms with van der Waals surface area (Å²) >= 11 is 0. The van der Waals surface area contributed by atoms with E-state index >= 15 is 0 Å². The lowest BCUT2D eigenvalue weighted by atomic mass is 9.87. The molecule has 2 unspecified atom stereocenters. The minimum atomic E-state index is -0.514. The molecule has 43 heavy (non-hydrogen) atoms. The topological polar surface area (TPSA) is 80.7 Å². The zero-order valence-electron chi connectivity index (χ0n) is 24.4. The Morgan fingerprint density at radius 3 is 2.65 bits per heavy atom. The van der Waals surface area contributed by atoms with E-state index in [1.54, 1.807) is 0 Å².